The van der Waals surface area contributed by atoms with Gasteiger partial charge in [0.15, 0.2) is 5.82 Å². The highest BCUT2D eigenvalue weighted by molar-refractivity contribution is 7.99. The van der Waals surface area contributed by atoms with Gasteiger partial charge in [0.25, 0.3) is 5.91 Å². The van der Waals surface area contributed by atoms with Gasteiger partial charge in [-0.3, -0.25) is 4.79 Å². The van der Waals surface area contributed by atoms with Crippen molar-refractivity contribution < 1.29 is 4.79 Å². The van der Waals surface area contributed by atoms with Crippen LogP contribution >= 0.6 is 35.0 Å². The zero-order valence-corrected chi connectivity index (χ0v) is 17.5. The largest absolute Gasteiger partial charge is 0.335 e. The summed E-state index contributed by atoms with van der Waals surface area (Å²) in [5.74, 6) is 6.53. The lowest BCUT2D eigenvalue weighted by Crippen LogP contribution is -2.25. The van der Waals surface area contributed by atoms with Gasteiger partial charge in [-0.15, -0.1) is 10.2 Å². The summed E-state index contributed by atoms with van der Waals surface area (Å²) >= 11 is 13.3. The van der Waals surface area contributed by atoms with E-state index in [2.05, 4.69) is 15.3 Å². The topological polar surface area (TPSA) is 89.4 Å². The molecule has 2 N–H and O–H groups in total. The number of halogens is 2. The summed E-state index contributed by atoms with van der Waals surface area (Å²) in [5.41, 5.74) is 2.55. The number of nitrogens with zero attached hydrogens (tertiary/aromatic N) is 5. The first-order chi connectivity index (χ1) is 14.0. The maximum absolute atomic E-state index is 12.5. The maximum atomic E-state index is 12.5. The molecule has 0 bridgehead atoms. The van der Waals surface area contributed by atoms with Gasteiger partial charge in [-0.25, -0.2) is 9.69 Å². The molecule has 0 spiro atoms. The number of nitrogens with two attached hydrogens (primary N) is 1. The lowest BCUT2D eigenvalue weighted by Gasteiger charge is -2.10. The standard InChI is InChI=1S/C19H16Cl2N6OS/c20-13-6-7-14(15(21)10-13)18-23-24-19(27(18)22)29-11-17(28)26-9-8-16(25-26)12-4-2-1-3-5-12/h1-7,10H,8-9,11,22H2. The van der Waals surface area contributed by atoms with Crippen molar-refractivity contribution in [1.29, 1.82) is 0 Å². The number of hydrogen-bond acceptors (Lipinski definition) is 6. The molecule has 10 heteroatoms. The van der Waals surface area contributed by atoms with E-state index >= 15 is 0 Å². The van der Waals surface area contributed by atoms with Gasteiger partial charge in [0.05, 0.1) is 23.0 Å². The van der Waals surface area contributed by atoms with Crippen LogP contribution < -0.4 is 5.84 Å². The van der Waals surface area contributed by atoms with Crippen LogP contribution in [0.4, 0.5) is 0 Å². The maximum Gasteiger partial charge on any atom is 0.253 e. The van der Waals surface area contributed by atoms with Crippen molar-refractivity contribution in [3.63, 3.8) is 0 Å². The molecule has 1 amide bonds. The Labute approximate surface area is 181 Å². The van der Waals surface area contributed by atoms with Crippen molar-refractivity contribution >= 4 is 46.6 Å². The third kappa shape index (κ3) is 4.24. The van der Waals surface area contributed by atoms with Crippen LogP contribution in [0.5, 0.6) is 0 Å². The van der Waals surface area contributed by atoms with Crippen LogP contribution in [0.3, 0.4) is 0 Å². The van der Waals surface area contributed by atoms with Gasteiger partial charge in [-0.05, 0) is 23.8 Å². The Hall–Kier alpha value is -2.55. The van der Waals surface area contributed by atoms with Crippen molar-refractivity contribution in [2.24, 2.45) is 5.10 Å². The summed E-state index contributed by atoms with van der Waals surface area (Å²) in [6.07, 6.45) is 0.729. The monoisotopic (exact) mass is 446 g/mol. The molecular formula is C19H16Cl2N6OS. The Morgan fingerprint density at radius 3 is 2.69 bits per heavy atom. The molecular weight excluding hydrogens is 431 g/mol. The first-order valence-corrected chi connectivity index (χ1v) is 10.5. The number of amides is 1. The molecule has 7 nitrogen and oxygen atoms in total. The van der Waals surface area contributed by atoms with E-state index in [1.54, 1.807) is 18.2 Å². The number of rotatable bonds is 5. The van der Waals surface area contributed by atoms with Crippen LogP contribution in [0.1, 0.15) is 12.0 Å². The normalized spacial score (nSPS) is 13.6. The Bertz CT molecular complexity index is 1090. The fourth-order valence-electron chi connectivity index (χ4n) is 2.90. The molecule has 148 valence electrons. The van der Waals surface area contributed by atoms with Gasteiger partial charge >= 0.3 is 0 Å². The zero-order valence-electron chi connectivity index (χ0n) is 15.1. The average molecular weight is 447 g/mol. The fraction of sp³-hybridized carbons (Fsp3) is 0.158. The van der Waals surface area contributed by atoms with Gasteiger partial charge in [0.2, 0.25) is 5.16 Å². The molecule has 0 atom stereocenters. The molecule has 0 unspecified atom stereocenters. The average Bonchev–Trinajstić information content (AvgIpc) is 3.35. The van der Waals surface area contributed by atoms with Crippen LogP contribution in [-0.4, -0.2) is 43.8 Å². The second kappa shape index (κ2) is 8.44. The van der Waals surface area contributed by atoms with Crippen molar-refractivity contribution in [3.05, 3.63) is 64.1 Å². The molecule has 0 saturated heterocycles. The van der Waals surface area contributed by atoms with Gasteiger partial charge in [-0.1, -0.05) is 65.3 Å². The lowest BCUT2D eigenvalue weighted by molar-refractivity contribution is -0.127. The summed E-state index contributed by atoms with van der Waals surface area (Å²) in [6, 6.07) is 14.9. The molecule has 1 aromatic heterocycles. The predicted molar refractivity (Wildman–Crippen MR) is 116 cm³/mol. The first-order valence-electron chi connectivity index (χ1n) is 8.75. The molecule has 0 fully saturated rings. The molecule has 2 heterocycles. The molecule has 0 radical (unpaired) electrons. The van der Waals surface area contributed by atoms with E-state index < -0.39 is 0 Å². The summed E-state index contributed by atoms with van der Waals surface area (Å²) in [6.45, 7) is 0.560. The van der Waals surface area contributed by atoms with Crippen LogP contribution in [0.2, 0.25) is 10.0 Å². The van der Waals surface area contributed by atoms with E-state index in [1.165, 1.54) is 21.4 Å². The van der Waals surface area contributed by atoms with Crippen LogP contribution in [-0.2, 0) is 4.79 Å². The van der Waals surface area contributed by atoms with Crippen molar-refractivity contribution in [2.75, 3.05) is 18.1 Å². The van der Waals surface area contributed by atoms with E-state index in [9.17, 15) is 4.79 Å². The Kier molecular flexibility index (Phi) is 5.75. The molecule has 0 saturated carbocycles. The zero-order chi connectivity index (χ0) is 20.4. The minimum absolute atomic E-state index is 0.116. The highest BCUT2D eigenvalue weighted by Crippen LogP contribution is 2.30. The number of hydrogen-bond donors (Lipinski definition) is 1. The third-order valence-corrected chi connectivity index (χ3v) is 5.83. The number of nitrogen functional groups attached to an aromatic ring is 1. The summed E-state index contributed by atoms with van der Waals surface area (Å²) < 4.78 is 1.32. The first kappa shape index (κ1) is 19.8. The second-order valence-corrected chi connectivity index (χ2v) is 8.05. The van der Waals surface area contributed by atoms with E-state index in [0.29, 0.717) is 33.1 Å². The van der Waals surface area contributed by atoms with Crippen LogP contribution in [0.25, 0.3) is 11.4 Å². The SMILES string of the molecule is Nn1c(SCC(=O)N2CCC(c3ccccc3)=N2)nnc1-c1ccc(Cl)cc1Cl. The number of benzene rings is 2. The van der Waals surface area contributed by atoms with Crippen LogP contribution in [0.15, 0.2) is 58.8 Å². The number of carbonyl (C=O) groups excluding carboxylic acids is 1. The molecule has 2 aromatic carbocycles. The summed E-state index contributed by atoms with van der Waals surface area (Å²) in [4.78, 5) is 12.5. The predicted octanol–water partition coefficient (Wildman–Crippen LogP) is 3.69. The molecule has 0 aliphatic carbocycles. The Morgan fingerprint density at radius 1 is 1.14 bits per heavy atom. The minimum atomic E-state index is -0.116. The highest BCUT2D eigenvalue weighted by Gasteiger charge is 2.23. The van der Waals surface area contributed by atoms with E-state index in [-0.39, 0.29) is 11.7 Å². The van der Waals surface area contributed by atoms with Gasteiger partial charge < -0.3 is 5.84 Å². The molecule has 3 aromatic rings. The number of carbonyl (C=O) groups is 1. The smallest absolute Gasteiger partial charge is 0.253 e. The van der Waals surface area contributed by atoms with E-state index in [4.69, 9.17) is 29.0 Å². The quantitative estimate of drug-likeness (QED) is 0.476. The molecule has 29 heavy (non-hydrogen) atoms. The van der Waals surface area contributed by atoms with Crippen LogP contribution in [0, 0.1) is 0 Å². The lowest BCUT2D eigenvalue weighted by atomic mass is 10.1. The Balaban J connectivity index is 1.43. The van der Waals surface area contributed by atoms with Gasteiger partial charge in [0.1, 0.15) is 0 Å². The third-order valence-electron chi connectivity index (χ3n) is 4.36. The summed E-state index contributed by atoms with van der Waals surface area (Å²) in [7, 11) is 0. The molecule has 1 aliphatic heterocycles. The minimum Gasteiger partial charge on any atom is -0.335 e. The summed E-state index contributed by atoms with van der Waals surface area (Å²) in [5, 5.41) is 15.4. The number of thioether (sulfide) groups is 1. The van der Waals surface area contributed by atoms with Crippen molar-refractivity contribution in [3.8, 4) is 11.4 Å². The second-order valence-electron chi connectivity index (χ2n) is 6.27. The number of aromatic nitrogens is 3. The van der Waals surface area contributed by atoms with Gasteiger partial charge in [-0.2, -0.15) is 5.10 Å². The number of hydrazone groups is 1. The Morgan fingerprint density at radius 2 is 1.93 bits per heavy atom. The highest BCUT2D eigenvalue weighted by atomic mass is 35.5. The van der Waals surface area contributed by atoms with E-state index in [1.807, 2.05) is 30.3 Å². The molecule has 4 rings (SSSR count). The van der Waals surface area contributed by atoms with E-state index in [0.717, 1.165) is 17.7 Å². The van der Waals surface area contributed by atoms with Crippen molar-refractivity contribution in [1.82, 2.24) is 19.9 Å². The van der Waals surface area contributed by atoms with Gasteiger partial charge in [0, 0.05) is 17.0 Å². The molecule has 1 aliphatic rings. The fourth-order valence-corrected chi connectivity index (χ4v) is 4.12. The van der Waals surface area contributed by atoms with Crippen molar-refractivity contribution in [2.45, 2.75) is 11.6 Å².